The molecule has 28 heavy (non-hydrogen) atoms. The Bertz CT molecular complexity index is 937. The molecule has 0 atom stereocenters. The van der Waals surface area contributed by atoms with Crippen molar-refractivity contribution in [3.63, 3.8) is 0 Å². The van der Waals surface area contributed by atoms with Crippen molar-refractivity contribution in [3.8, 4) is 5.69 Å². The second-order valence-electron chi connectivity index (χ2n) is 6.57. The molecule has 150 valence electrons. The molecule has 1 aliphatic rings. The van der Waals surface area contributed by atoms with Gasteiger partial charge in [0.2, 0.25) is 5.91 Å². The molecular weight excluding hydrogens is 397 g/mol. The molecule has 1 saturated heterocycles. The number of halogens is 4. The molecule has 3 rings (SSSR count). The van der Waals surface area contributed by atoms with E-state index in [0.717, 1.165) is 16.8 Å². The van der Waals surface area contributed by atoms with Crippen LogP contribution in [0.25, 0.3) is 5.69 Å². The van der Waals surface area contributed by atoms with Crippen molar-refractivity contribution >= 4 is 23.2 Å². The van der Waals surface area contributed by atoms with E-state index in [0.29, 0.717) is 31.6 Å². The first-order valence-corrected chi connectivity index (χ1v) is 9.02. The Kier molecular flexibility index (Phi) is 5.64. The molecule has 0 spiro atoms. The van der Waals surface area contributed by atoms with Gasteiger partial charge in [0.1, 0.15) is 5.02 Å². The van der Waals surface area contributed by atoms with E-state index in [-0.39, 0.29) is 22.7 Å². The van der Waals surface area contributed by atoms with Gasteiger partial charge >= 0.3 is 6.18 Å². The van der Waals surface area contributed by atoms with Gasteiger partial charge in [-0.2, -0.15) is 23.0 Å². The SMILES string of the molecule is CC(=O)NC1CCN(c2cnn(-c3cccc(C(F)(F)F)c3)c(=O)c2Cl)CC1. The first kappa shape index (κ1) is 20.2. The smallest absolute Gasteiger partial charge is 0.369 e. The van der Waals surface area contributed by atoms with Crippen LogP contribution in [0.5, 0.6) is 0 Å². The van der Waals surface area contributed by atoms with Gasteiger partial charge in [0, 0.05) is 26.1 Å². The summed E-state index contributed by atoms with van der Waals surface area (Å²) in [7, 11) is 0. The first-order chi connectivity index (χ1) is 13.2. The molecule has 2 heterocycles. The van der Waals surface area contributed by atoms with E-state index in [4.69, 9.17) is 11.6 Å². The highest BCUT2D eigenvalue weighted by molar-refractivity contribution is 6.33. The van der Waals surface area contributed by atoms with Gasteiger partial charge in [-0.15, -0.1) is 0 Å². The highest BCUT2D eigenvalue weighted by atomic mass is 35.5. The topological polar surface area (TPSA) is 67.2 Å². The zero-order valence-electron chi connectivity index (χ0n) is 15.0. The number of rotatable bonds is 3. The minimum Gasteiger partial charge on any atom is -0.369 e. The number of aromatic nitrogens is 2. The van der Waals surface area contributed by atoms with Crippen molar-refractivity contribution in [2.24, 2.45) is 0 Å². The van der Waals surface area contributed by atoms with Crippen LogP contribution in [0.1, 0.15) is 25.3 Å². The maximum Gasteiger partial charge on any atom is 0.416 e. The minimum atomic E-state index is -4.53. The molecule has 0 radical (unpaired) electrons. The number of piperidine rings is 1. The Labute approximate surface area is 163 Å². The molecular formula is C18H18ClF3N4O2. The number of benzene rings is 1. The summed E-state index contributed by atoms with van der Waals surface area (Å²) in [6.07, 6.45) is -1.77. The second kappa shape index (κ2) is 7.83. The average molecular weight is 415 g/mol. The predicted molar refractivity (Wildman–Crippen MR) is 98.9 cm³/mol. The van der Waals surface area contributed by atoms with Crippen LogP contribution in [0.15, 0.2) is 35.3 Å². The average Bonchev–Trinajstić information content (AvgIpc) is 2.64. The van der Waals surface area contributed by atoms with Crippen molar-refractivity contribution in [1.29, 1.82) is 0 Å². The number of nitrogens with zero attached hydrogens (tertiary/aromatic N) is 3. The second-order valence-corrected chi connectivity index (χ2v) is 6.95. The van der Waals surface area contributed by atoms with Crippen molar-refractivity contribution < 1.29 is 18.0 Å². The van der Waals surface area contributed by atoms with Gasteiger partial charge < -0.3 is 10.2 Å². The molecule has 1 aromatic heterocycles. The van der Waals surface area contributed by atoms with Crippen LogP contribution in [0.4, 0.5) is 18.9 Å². The fraction of sp³-hybridized carbons (Fsp3) is 0.389. The van der Waals surface area contributed by atoms with Gasteiger partial charge in [0.05, 0.1) is 23.1 Å². The van der Waals surface area contributed by atoms with E-state index in [1.165, 1.54) is 25.3 Å². The maximum atomic E-state index is 12.9. The van der Waals surface area contributed by atoms with E-state index in [1.54, 1.807) is 0 Å². The molecule has 10 heteroatoms. The Balaban J connectivity index is 1.85. The summed E-state index contributed by atoms with van der Waals surface area (Å²) in [6, 6.07) is 4.40. The molecule has 6 nitrogen and oxygen atoms in total. The molecule has 0 bridgehead atoms. The van der Waals surface area contributed by atoms with Gasteiger partial charge in [-0.25, -0.2) is 0 Å². The van der Waals surface area contributed by atoms with Crippen molar-refractivity contribution in [1.82, 2.24) is 15.1 Å². The van der Waals surface area contributed by atoms with Gasteiger partial charge in [-0.1, -0.05) is 17.7 Å². The van der Waals surface area contributed by atoms with Gasteiger partial charge in [-0.05, 0) is 31.0 Å². The van der Waals surface area contributed by atoms with E-state index in [1.807, 2.05) is 4.90 Å². The number of amides is 1. The lowest BCUT2D eigenvalue weighted by molar-refractivity contribution is -0.137. The largest absolute Gasteiger partial charge is 0.416 e. The lowest BCUT2D eigenvalue weighted by atomic mass is 10.0. The van der Waals surface area contributed by atoms with E-state index in [2.05, 4.69) is 10.4 Å². The van der Waals surface area contributed by atoms with Crippen molar-refractivity contribution in [2.45, 2.75) is 32.0 Å². The number of alkyl halides is 3. The zero-order chi connectivity index (χ0) is 20.5. The molecule has 1 aliphatic heterocycles. The van der Waals surface area contributed by atoms with Crippen LogP contribution in [-0.4, -0.2) is 34.8 Å². The predicted octanol–water partition coefficient (Wildman–Crippen LogP) is 3.01. The highest BCUT2D eigenvalue weighted by Crippen LogP contribution is 2.30. The summed E-state index contributed by atoms with van der Waals surface area (Å²) in [6.45, 7) is 2.60. The van der Waals surface area contributed by atoms with Crippen molar-refractivity contribution in [2.75, 3.05) is 18.0 Å². The quantitative estimate of drug-likeness (QED) is 0.838. The normalized spacial score (nSPS) is 15.5. The number of nitrogens with one attached hydrogen (secondary N) is 1. The third kappa shape index (κ3) is 4.30. The molecule has 0 unspecified atom stereocenters. The minimum absolute atomic E-state index is 0.0161. The Morgan fingerprint density at radius 3 is 2.57 bits per heavy atom. The molecule has 1 amide bonds. The summed E-state index contributed by atoms with van der Waals surface area (Å²) >= 11 is 6.23. The van der Waals surface area contributed by atoms with E-state index >= 15 is 0 Å². The fourth-order valence-electron chi connectivity index (χ4n) is 3.19. The van der Waals surface area contributed by atoms with Crippen LogP contribution >= 0.6 is 11.6 Å². The molecule has 1 aromatic carbocycles. The number of carbonyl (C=O) groups is 1. The zero-order valence-corrected chi connectivity index (χ0v) is 15.7. The van der Waals surface area contributed by atoms with Gasteiger partial charge in [0.25, 0.3) is 5.56 Å². The van der Waals surface area contributed by atoms with E-state index < -0.39 is 17.3 Å². The van der Waals surface area contributed by atoms with Gasteiger partial charge in [0.15, 0.2) is 0 Å². The lowest BCUT2D eigenvalue weighted by Crippen LogP contribution is -2.44. The Hall–Kier alpha value is -2.55. The molecule has 1 N–H and O–H groups in total. The number of anilines is 1. The summed E-state index contributed by atoms with van der Waals surface area (Å²) in [4.78, 5) is 25.6. The standard InChI is InChI=1S/C18H18ClF3N4O2/c1-11(27)24-13-5-7-25(8-6-13)15-10-23-26(17(28)16(15)19)14-4-2-3-12(9-14)18(20,21)22/h2-4,9-10,13H,5-8H2,1H3,(H,24,27). The summed E-state index contributed by atoms with van der Waals surface area (Å²) in [5.41, 5.74) is -1.16. The number of hydrogen-bond acceptors (Lipinski definition) is 4. The Morgan fingerprint density at radius 2 is 1.96 bits per heavy atom. The number of hydrogen-bond donors (Lipinski definition) is 1. The number of carbonyl (C=O) groups excluding carboxylic acids is 1. The Morgan fingerprint density at radius 1 is 1.29 bits per heavy atom. The molecule has 2 aromatic rings. The highest BCUT2D eigenvalue weighted by Gasteiger charge is 2.31. The van der Waals surface area contributed by atoms with Crippen LogP contribution in [0.3, 0.4) is 0 Å². The monoisotopic (exact) mass is 414 g/mol. The van der Waals surface area contributed by atoms with E-state index in [9.17, 15) is 22.8 Å². The lowest BCUT2D eigenvalue weighted by Gasteiger charge is -2.33. The van der Waals surface area contributed by atoms with Crippen LogP contribution in [0.2, 0.25) is 5.02 Å². The van der Waals surface area contributed by atoms with Crippen LogP contribution in [0, 0.1) is 0 Å². The molecule has 1 fully saturated rings. The third-order valence-corrected chi connectivity index (χ3v) is 4.92. The van der Waals surface area contributed by atoms with Gasteiger partial charge in [-0.3, -0.25) is 9.59 Å². The first-order valence-electron chi connectivity index (χ1n) is 8.64. The fourth-order valence-corrected chi connectivity index (χ4v) is 3.44. The molecule has 0 saturated carbocycles. The molecule has 0 aliphatic carbocycles. The summed E-state index contributed by atoms with van der Waals surface area (Å²) in [5, 5.41) is 6.77. The van der Waals surface area contributed by atoms with Crippen molar-refractivity contribution in [3.05, 3.63) is 51.4 Å². The summed E-state index contributed by atoms with van der Waals surface area (Å²) in [5.74, 6) is -0.0955. The summed E-state index contributed by atoms with van der Waals surface area (Å²) < 4.78 is 39.6. The third-order valence-electron chi connectivity index (χ3n) is 4.56. The maximum absolute atomic E-state index is 12.9. The van der Waals surface area contributed by atoms with Crippen LogP contribution in [-0.2, 0) is 11.0 Å². The van der Waals surface area contributed by atoms with Crippen LogP contribution < -0.4 is 15.8 Å².